The van der Waals surface area contributed by atoms with Crippen LogP contribution < -0.4 is 10.6 Å². The lowest BCUT2D eigenvalue weighted by molar-refractivity contribution is -0.134. The van der Waals surface area contributed by atoms with Gasteiger partial charge in [-0.1, -0.05) is 30.3 Å². The molecular formula is C21H31N3O3. The van der Waals surface area contributed by atoms with E-state index in [1.54, 1.807) is 0 Å². The predicted molar refractivity (Wildman–Crippen MR) is 104 cm³/mol. The van der Waals surface area contributed by atoms with E-state index in [1.807, 2.05) is 35.2 Å². The van der Waals surface area contributed by atoms with Crippen molar-refractivity contribution in [2.45, 2.75) is 44.8 Å². The Morgan fingerprint density at radius 2 is 2.04 bits per heavy atom. The van der Waals surface area contributed by atoms with E-state index in [9.17, 15) is 9.59 Å². The molecule has 0 bridgehead atoms. The zero-order valence-corrected chi connectivity index (χ0v) is 16.0. The second kappa shape index (κ2) is 10.4. The van der Waals surface area contributed by atoms with E-state index in [1.165, 1.54) is 0 Å². The highest BCUT2D eigenvalue weighted by Gasteiger charge is 2.26. The normalized spacial score (nSPS) is 22.6. The van der Waals surface area contributed by atoms with Crippen molar-refractivity contribution >= 4 is 11.8 Å². The third kappa shape index (κ3) is 6.33. The van der Waals surface area contributed by atoms with Crippen LogP contribution in [0.1, 0.15) is 37.7 Å². The molecule has 0 saturated carbocycles. The van der Waals surface area contributed by atoms with E-state index in [0.29, 0.717) is 32.1 Å². The number of likely N-dealkylation sites (tertiary alicyclic amines) is 1. The first-order valence-corrected chi connectivity index (χ1v) is 10.1. The summed E-state index contributed by atoms with van der Waals surface area (Å²) >= 11 is 0. The van der Waals surface area contributed by atoms with Gasteiger partial charge < -0.3 is 20.3 Å². The quantitative estimate of drug-likeness (QED) is 0.681. The Morgan fingerprint density at radius 1 is 1.19 bits per heavy atom. The molecule has 6 nitrogen and oxygen atoms in total. The number of nitrogens with zero attached hydrogens (tertiary/aromatic N) is 1. The molecule has 148 valence electrons. The minimum atomic E-state index is -0.0342. The molecule has 1 aromatic rings. The minimum absolute atomic E-state index is 0.0342. The van der Waals surface area contributed by atoms with E-state index in [2.05, 4.69) is 10.6 Å². The average molecular weight is 373 g/mol. The molecule has 6 heteroatoms. The standard InChI is InChI=1S/C21H31N3O3/c25-20(10-13-27-16-17-6-2-1-3-7-17)24-12-5-8-18(15-24)14-23-21(26)19-9-4-11-22-19/h1-3,6-7,18-19,22H,4-5,8-16H2,(H,23,26). The summed E-state index contributed by atoms with van der Waals surface area (Å²) in [5.74, 6) is 0.597. The van der Waals surface area contributed by atoms with Gasteiger partial charge in [0.1, 0.15) is 0 Å². The van der Waals surface area contributed by atoms with Crippen LogP contribution >= 0.6 is 0 Å². The van der Waals surface area contributed by atoms with Crippen LogP contribution in [0.15, 0.2) is 30.3 Å². The van der Waals surface area contributed by atoms with Gasteiger partial charge in [0.25, 0.3) is 0 Å². The van der Waals surface area contributed by atoms with E-state index in [0.717, 1.165) is 50.9 Å². The van der Waals surface area contributed by atoms with E-state index in [4.69, 9.17) is 4.74 Å². The van der Waals surface area contributed by atoms with Gasteiger partial charge in [-0.2, -0.15) is 0 Å². The number of hydrogen-bond acceptors (Lipinski definition) is 4. The van der Waals surface area contributed by atoms with Crippen LogP contribution in [-0.4, -0.2) is 55.5 Å². The summed E-state index contributed by atoms with van der Waals surface area (Å²) < 4.78 is 5.63. The fourth-order valence-electron chi connectivity index (χ4n) is 3.82. The molecule has 0 aromatic heterocycles. The molecule has 2 saturated heterocycles. The maximum atomic E-state index is 12.5. The molecule has 2 amide bonds. The summed E-state index contributed by atoms with van der Waals surface area (Å²) in [7, 11) is 0. The highest BCUT2D eigenvalue weighted by Crippen LogP contribution is 2.17. The maximum absolute atomic E-state index is 12.5. The Kier molecular flexibility index (Phi) is 7.66. The summed E-state index contributed by atoms with van der Waals surface area (Å²) in [5, 5.41) is 6.28. The van der Waals surface area contributed by atoms with Crippen LogP contribution in [0.5, 0.6) is 0 Å². The SMILES string of the molecule is O=C(NCC1CCCN(C(=O)CCOCc2ccccc2)C1)C1CCCN1. The number of carbonyl (C=O) groups is 2. The van der Waals surface area contributed by atoms with E-state index < -0.39 is 0 Å². The van der Waals surface area contributed by atoms with Gasteiger partial charge in [-0.25, -0.2) is 0 Å². The molecule has 2 N–H and O–H groups in total. The molecule has 1 aromatic carbocycles. The molecule has 3 rings (SSSR count). The Morgan fingerprint density at radius 3 is 2.81 bits per heavy atom. The number of ether oxygens (including phenoxy) is 1. The van der Waals surface area contributed by atoms with Crippen LogP contribution in [0.2, 0.25) is 0 Å². The first-order chi connectivity index (χ1) is 13.2. The van der Waals surface area contributed by atoms with Crippen LogP contribution in [-0.2, 0) is 20.9 Å². The predicted octanol–water partition coefficient (Wildman–Crippen LogP) is 1.70. The summed E-state index contributed by atoms with van der Waals surface area (Å²) in [5.41, 5.74) is 1.12. The van der Waals surface area contributed by atoms with Gasteiger partial charge >= 0.3 is 0 Å². The Hall–Kier alpha value is -1.92. The van der Waals surface area contributed by atoms with Gasteiger partial charge in [0.05, 0.1) is 25.7 Å². The molecule has 2 atom stereocenters. The molecular weight excluding hydrogens is 342 g/mol. The highest BCUT2D eigenvalue weighted by atomic mass is 16.5. The summed E-state index contributed by atoms with van der Waals surface area (Å²) in [6, 6.07) is 9.96. The summed E-state index contributed by atoms with van der Waals surface area (Å²) in [6.45, 7) is 4.11. The monoisotopic (exact) mass is 373 g/mol. The van der Waals surface area contributed by atoms with Crippen molar-refractivity contribution in [2.75, 3.05) is 32.8 Å². The van der Waals surface area contributed by atoms with Gasteiger partial charge in [0, 0.05) is 19.6 Å². The molecule has 2 heterocycles. The van der Waals surface area contributed by atoms with Crippen LogP contribution in [0.4, 0.5) is 0 Å². The van der Waals surface area contributed by atoms with Crippen molar-refractivity contribution in [1.82, 2.24) is 15.5 Å². The van der Waals surface area contributed by atoms with Crippen LogP contribution in [0, 0.1) is 5.92 Å². The van der Waals surface area contributed by atoms with Crippen molar-refractivity contribution in [2.24, 2.45) is 5.92 Å². The zero-order chi connectivity index (χ0) is 18.9. The van der Waals surface area contributed by atoms with Crippen LogP contribution in [0.3, 0.4) is 0 Å². The first-order valence-electron chi connectivity index (χ1n) is 10.1. The van der Waals surface area contributed by atoms with Crippen molar-refractivity contribution in [1.29, 1.82) is 0 Å². The molecule has 2 fully saturated rings. The fourth-order valence-corrected chi connectivity index (χ4v) is 3.82. The topological polar surface area (TPSA) is 70.7 Å². The number of piperidine rings is 1. The van der Waals surface area contributed by atoms with Gasteiger partial charge in [0.2, 0.25) is 11.8 Å². The van der Waals surface area contributed by atoms with Crippen molar-refractivity contribution in [3.63, 3.8) is 0 Å². The minimum Gasteiger partial charge on any atom is -0.376 e. The third-order valence-corrected chi connectivity index (χ3v) is 5.39. The average Bonchev–Trinajstić information content (AvgIpc) is 3.25. The van der Waals surface area contributed by atoms with Gasteiger partial charge in [-0.05, 0) is 43.7 Å². The lowest BCUT2D eigenvalue weighted by Crippen LogP contribution is -2.46. The summed E-state index contributed by atoms with van der Waals surface area (Å²) in [6.07, 6.45) is 4.46. The van der Waals surface area contributed by atoms with Crippen molar-refractivity contribution < 1.29 is 14.3 Å². The molecule has 0 aliphatic carbocycles. The van der Waals surface area contributed by atoms with Gasteiger partial charge in [-0.15, -0.1) is 0 Å². The molecule has 27 heavy (non-hydrogen) atoms. The van der Waals surface area contributed by atoms with E-state index >= 15 is 0 Å². The number of amides is 2. The molecule has 2 aliphatic heterocycles. The first kappa shape index (κ1) is 19.8. The highest BCUT2D eigenvalue weighted by molar-refractivity contribution is 5.82. The number of rotatable bonds is 8. The lowest BCUT2D eigenvalue weighted by Gasteiger charge is -2.33. The molecule has 0 spiro atoms. The zero-order valence-electron chi connectivity index (χ0n) is 16.0. The fraction of sp³-hybridized carbons (Fsp3) is 0.619. The largest absolute Gasteiger partial charge is 0.376 e. The Bertz CT molecular complexity index is 602. The summed E-state index contributed by atoms with van der Waals surface area (Å²) in [4.78, 5) is 26.5. The number of hydrogen-bond donors (Lipinski definition) is 2. The molecule has 0 radical (unpaired) electrons. The van der Waals surface area contributed by atoms with Gasteiger partial charge in [-0.3, -0.25) is 9.59 Å². The molecule has 2 unspecified atom stereocenters. The smallest absolute Gasteiger partial charge is 0.237 e. The molecule has 2 aliphatic rings. The Balaban J connectivity index is 1.33. The number of benzene rings is 1. The van der Waals surface area contributed by atoms with Crippen molar-refractivity contribution in [3.05, 3.63) is 35.9 Å². The number of nitrogens with one attached hydrogen (secondary N) is 2. The second-order valence-corrected chi connectivity index (χ2v) is 7.53. The third-order valence-electron chi connectivity index (χ3n) is 5.39. The van der Waals surface area contributed by atoms with Crippen molar-refractivity contribution in [3.8, 4) is 0 Å². The van der Waals surface area contributed by atoms with E-state index in [-0.39, 0.29) is 17.9 Å². The maximum Gasteiger partial charge on any atom is 0.237 e. The number of carbonyl (C=O) groups excluding carboxylic acids is 2. The lowest BCUT2D eigenvalue weighted by atomic mass is 9.97. The van der Waals surface area contributed by atoms with Crippen LogP contribution in [0.25, 0.3) is 0 Å². The second-order valence-electron chi connectivity index (χ2n) is 7.53. The Labute approximate surface area is 161 Å². The van der Waals surface area contributed by atoms with Gasteiger partial charge in [0.15, 0.2) is 0 Å².